The second-order valence-corrected chi connectivity index (χ2v) is 4.49. The highest BCUT2D eigenvalue weighted by atomic mass is 32.1. The predicted molar refractivity (Wildman–Crippen MR) is 68.4 cm³/mol. The van der Waals surface area contributed by atoms with Gasteiger partial charge >= 0.3 is 0 Å². The Kier molecular flexibility index (Phi) is 3.88. The third-order valence-corrected chi connectivity index (χ3v) is 3.17. The van der Waals surface area contributed by atoms with Gasteiger partial charge in [0.2, 0.25) is 0 Å². The van der Waals surface area contributed by atoms with Gasteiger partial charge in [0.15, 0.2) is 0 Å². The Morgan fingerprint density at radius 3 is 2.75 bits per heavy atom. The van der Waals surface area contributed by atoms with Gasteiger partial charge in [-0.1, -0.05) is 0 Å². The quantitative estimate of drug-likeness (QED) is 0.801. The van der Waals surface area contributed by atoms with Gasteiger partial charge in [0.25, 0.3) is 5.56 Å². The lowest BCUT2D eigenvalue weighted by Crippen LogP contribution is -2.26. The number of hydrogen-bond donors (Lipinski definition) is 1. The van der Waals surface area contributed by atoms with Crippen molar-refractivity contribution in [2.75, 3.05) is 23.7 Å². The molecule has 88 valence electrons. The maximum absolute atomic E-state index is 11.8. The molecule has 1 saturated heterocycles. The highest BCUT2D eigenvalue weighted by Crippen LogP contribution is 2.16. The van der Waals surface area contributed by atoms with Crippen LogP contribution in [0.3, 0.4) is 0 Å². The first kappa shape index (κ1) is 11.5. The van der Waals surface area contributed by atoms with E-state index in [1.807, 2.05) is 0 Å². The fourth-order valence-corrected chi connectivity index (χ4v) is 2.10. The Hall–Kier alpha value is -0.970. The number of thiol groups is 1. The summed E-state index contributed by atoms with van der Waals surface area (Å²) in [6.45, 7) is 2.74. The zero-order valence-corrected chi connectivity index (χ0v) is 10.2. The van der Waals surface area contributed by atoms with Gasteiger partial charge < -0.3 is 4.90 Å². The van der Waals surface area contributed by atoms with E-state index in [2.05, 4.69) is 22.6 Å². The Balaban J connectivity index is 2.12. The lowest BCUT2D eigenvalue weighted by atomic mass is 10.4. The SMILES string of the molecule is O=c1cc(N2CCCC2)cnn1CCCS. The molecule has 0 unspecified atom stereocenters. The van der Waals surface area contributed by atoms with Gasteiger partial charge in [0.05, 0.1) is 11.9 Å². The molecule has 1 aliphatic rings. The molecule has 2 heterocycles. The summed E-state index contributed by atoms with van der Waals surface area (Å²) in [7, 11) is 0. The van der Waals surface area contributed by atoms with Crippen LogP contribution in [0.25, 0.3) is 0 Å². The summed E-state index contributed by atoms with van der Waals surface area (Å²) in [6, 6.07) is 1.69. The lowest BCUT2D eigenvalue weighted by Gasteiger charge is -2.16. The summed E-state index contributed by atoms with van der Waals surface area (Å²) in [5.74, 6) is 0.780. The number of hydrogen-bond acceptors (Lipinski definition) is 4. The summed E-state index contributed by atoms with van der Waals surface area (Å²) in [5.41, 5.74) is 0.954. The van der Waals surface area contributed by atoms with Gasteiger partial charge in [-0.15, -0.1) is 0 Å². The molecule has 0 amide bonds. The highest BCUT2D eigenvalue weighted by molar-refractivity contribution is 7.80. The summed E-state index contributed by atoms with van der Waals surface area (Å²) in [5, 5.41) is 4.19. The normalized spacial score (nSPS) is 15.7. The van der Waals surface area contributed by atoms with Crippen molar-refractivity contribution >= 4 is 18.3 Å². The smallest absolute Gasteiger partial charge is 0.268 e. The van der Waals surface area contributed by atoms with E-state index in [1.165, 1.54) is 17.5 Å². The second kappa shape index (κ2) is 5.39. The molecular formula is C11H17N3OS. The van der Waals surface area contributed by atoms with Crippen LogP contribution in [0.15, 0.2) is 17.1 Å². The summed E-state index contributed by atoms with van der Waals surface area (Å²) >= 11 is 4.13. The average Bonchev–Trinajstić information content (AvgIpc) is 2.81. The van der Waals surface area contributed by atoms with Crippen LogP contribution >= 0.6 is 12.6 Å². The van der Waals surface area contributed by atoms with Gasteiger partial charge in [0.1, 0.15) is 0 Å². The molecule has 16 heavy (non-hydrogen) atoms. The van der Waals surface area contributed by atoms with Crippen LogP contribution < -0.4 is 10.5 Å². The molecular weight excluding hydrogens is 222 g/mol. The van der Waals surface area contributed by atoms with Crippen LogP contribution in [0.1, 0.15) is 19.3 Å². The van der Waals surface area contributed by atoms with Gasteiger partial charge in [-0.25, -0.2) is 4.68 Å². The summed E-state index contributed by atoms with van der Waals surface area (Å²) in [4.78, 5) is 14.0. The largest absolute Gasteiger partial charge is 0.370 e. The van der Waals surface area contributed by atoms with Gasteiger partial charge in [-0.05, 0) is 25.0 Å². The van der Waals surface area contributed by atoms with Crippen molar-refractivity contribution in [2.45, 2.75) is 25.8 Å². The number of rotatable bonds is 4. The van der Waals surface area contributed by atoms with E-state index in [0.29, 0.717) is 6.54 Å². The van der Waals surface area contributed by atoms with E-state index in [4.69, 9.17) is 0 Å². The number of anilines is 1. The molecule has 0 bridgehead atoms. The summed E-state index contributed by atoms with van der Waals surface area (Å²) in [6.07, 6.45) is 5.09. The Labute approximate surface area is 101 Å². The molecule has 1 fully saturated rings. The molecule has 1 aliphatic heterocycles. The predicted octanol–water partition coefficient (Wildman–Crippen LogP) is 1.16. The van der Waals surface area contributed by atoms with Gasteiger partial charge in [-0.2, -0.15) is 17.7 Å². The molecule has 0 radical (unpaired) electrons. The van der Waals surface area contributed by atoms with Crippen LogP contribution in [0, 0.1) is 0 Å². The van der Waals surface area contributed by atoms with Crippen molar-refractivity contribution in [2.24, 2.45) is 0 Å². The lowest BCUT2D eigenvalue weighted by molar-refractivity contribution is 0.570. The topological polar surface area (TPSA) is 38.1 Å². The fraction of sp³-hybridized carbons (Fsp3) is 0.636. The maximum Gasteiger partial charge on any atom is 0.268 e. The molecule has 0 spiro atoms. The monoisotopic (exact) mass is 239 g/mol. The van der Waals surface area contributed by atoms with E-state index < -0.39 is 0 Å². The molecule has 2 rings (SSSR count). The Bertz CT molecular complexity index is 398. The van der Waals surface area contributed by atoms with Crippen LogP contribution in [0.2, 0.25) is 0 Å². The first-order chi connectivity index (χ1) is 7.81. The van der Waals surface area contributed by atoms with Crippen molar-refractivity contribution in [3.63, 3.8) is 0 Å². The van der Waals surface area contributed by atoms with Crippen molar-refractivity contribution in [3.05, 3.63) is 22.6 Å². The van der Waals surface area contributed by atoms with Crippen LogP contribution in [0.4, 0.5) is 5.69 Å². The highest BCUT2D eigenvalue weighted by Gasteiger charge is 2.13. The van der Waals surface area contributed by atoms with Crippen LogP contribution in [0.5, 0.6) is 0 Å². The Morgan fingerprint density at radius 1 is 1.38 bits per heavy atom. The molecule has 1 aromatic rings. The second-order valence-electron chi connectivity index (χ2n) is 4.05. The van der Waals surface area contributed by atoms with Crippen LogP contribution in [-0.2, 0) is 6.54 Å². The molecule has 0 atom stereocenters. The van der Waals surface area contributed by atoms with E-state index in [-0.39, 0.29) is 5.56 Å². The molecule has 1 aromatic heterocycles. The fourth-order valence-electron chi connectivity index (χ4n) is 1.96. The van der Waals surface area contributed by atoms with E-state index >= 15 is 0 Å². The zero-order chi connectivity index (χ0) is 11.4. The van der Waals surface area contributed by atoms with E-state index in [1.54, 1.807) is 12.3 Å². The average molecular weight is 239 g/mol. The molecule has 5 heteroatoms. The number of nitrogens with zero attached hydrogens (tertiary/aromatic N) is 3. The zero-order valence-electron chi connectivity index (χ0n) is 9.30. The minimum atomic E-state index is -0.00816. The molecule has 0 aliphatic carbocycles. The van der Waals surface area contributed by atoms with Crippen molar-refractivity contribution < 1.29 is 0 Å². The van der Waals surface area contributed by atoms with E-state index in [9.17, 15) is 4.79 Å². The third kappa shape index (κ3) is 2.58. The first-order valence-corrected chi connectivity index (χ1v) is 6.37. The molecule has 0 N–H and O–H groups in total. The summed E-state index contributed by atoms with van der Waals surface area (Å²) < 4.78 is 1.51. The third-order valence-electron chi connectivity index (χ3n) is 2.85. The number of aromatic nitrogens is 2. The maximum atomic E-state index is 11.8. The van der Waals surface area contributed by atoms with E-state index in [0.717, 1.165) is 31.0 Å². The van der Waals surface area contributed by atoms with Crippen molar-refractivity contribution in [3.8, 4) is 0 Å². The standard InChI is InChI=1S/C11H17N3OS/c15-11-8-10(13-4-1-2-5-13)9-12-14(11)6-3-7-16/h8-9,16H,1-7H2. The molecule has 0 saturated carbocycles. The molecule has 4 nitrogen and oxygen atoms in total. The molecule has 0 aromatic carbocycles. The van der Waals surface area contributed by atoms with Gasteiger partial charge in [-0.3, -0.25) is 4.79 Å². The van der Waals surface area contributed by atoms with Crippen molar-refractivity contribution in [1.82, 2.24) is 9.78 Å². The van der Waals surface area contributed by atoms with Gasteiger partial charge in [0, 0.05) is 25.7 Å². The number of aryl methyl sites for hydroxylation is 1. The minimum Gasteiger partial charge on any atom is -0.370 e. The van der Waals surface area contributed by atoms with Crippen LogP contribution in [-0.4, -0.2) is 28.6 Å². The first-order valence-electron chi connectivity index (χ1n) is 5.74. The minimum absolute atomic E-state index is 0.00816. The Morgan fingerprint density at radius 2 is 2.12 bits per heavy atom. The van der Waals surface area contributed by atoms with Crippen molar-refractivity contribution in [1.29, 1.82) is 0 Å².